The number of hydrogen-bond acceptors (Lipinski definition) is 3. The van der Waals surface area contributed by atoms with Crippen LogP contribution in [0.4, 0.5) is 0 Å². The lowest BCUT2D eigenvalue weighted by atomic mass is 10.1. The molecule has 1 aromatic heterocycles. The van der Waals surface area contributed by atoms with Crippen molar-refractivity contribution in [2.45, 2.75) is 0 Å². The third kappa shape index (κ3) is 2.60. The minimum absolute atomic E-state index is 0.399. The Hall–Kier alpha value is -2.77. The van der Waals surface area contributed by atoms with Crippen LogP contribution in [0.25, 0.3) is 22.6 Å². The van der Waals surface area contributed by atoms with E-state index in [0.29, 0.717) is 21.7 Å². The zero-order valence-electron chi connectivity index (χ0n) is 11.1. The minimum atomic E-state index is 0.399. The second kappa shape index (κ2) is 5.70. The predicted octanol–water partition coefficient (Wildman–Crippen LogP) is 4.34. The molecule has 0 bridgehead atoms. The van der Waals surface area contributed by atoms with Gasteiger partial charge in [-0.3, -0.25) is 0 Å². The quantitative estimate of drug-likeness (QED) is 0.714. The molecule has 0 spiro atoms. The number of nitriles is 1. The molecule has 100 valence electrons. The lowest BCUT2D eigenvalue weighted by Crippen LogP contribution is -1.97. The molecule has 0 atom stereocenters. The van der Waals surface area contributed by atoms with Gasteiger partial charge in [0.1, 0.15) is 22.1 Å². The van der Waals surface area contributed by atoms with E-state index in [9.17, 15) is 5.26 Å². The third-order valence-corrected chi connectivity index (χ3v) is 3.43. The molecule has 3 nitrogen and oxygen atoms in total. The number of aromatic nitrogens is 2. The summed E-state index contributed by atoms with van der Waals surface area (Å²) in [5, 5.41) is 9.35. The van der Waals surface area contributed by atoms with Crippen molar-refractivity contribution in [1.29, 1.82) is 5.26 Å². The second-order valence-corrected chi connectivity index (χ2v) is 4.89. The SMILES string of the molecule is N#Cc1c(-c2ccccc2)nc(-c2ccccc2)[nH]c1=S. The van der Waals surface area contributed by atoms with Crippen LogP contribution in [-0.4, -0.2) is 9.97 Å². The molecule has 1 N–H and O–H groups in total. The Kier molecular flexibility index (Phi) is 3.59. The van der Waals surface area contributed by atoms with Gasteiger partial charge < -0.3 is 4.98 Å². The van der Waals surface area contributed by atoms with Gasteiger partial charge in [-0.1, -0.05) is 72.9 Å². The van der Waals surface area contributed by atoms with Gasteiger partial charge in [0, 0.05) is 11.1 Å². The maximum absolute atomic E-state index is 9.35. The van der Waals surface area contributed by atoms with Gasteiger partial charge in [-0.25, -0.2) is 4.98 Å². The van der Waals surface area contributed by atoms with Crippen LogP contribution < -0.4 is 0 Å². The molecule has 0 fully saturated rings. The highest BCUT2D eigenvalue weighted by molar-refractivity contribution is 7.71. The van der Waals surface area contributed by atoms with Gasteiger partial charge in [-0.05, 0) is 0 Å². The maximum atomic E-state index is 9.35. The Morgan fingerprint density at radius 3 is 2.05 bits per heavy atom. The van der Waals surface area contributed by atoms with Crippen molar-refractivity contribution in [3.05, 3.63) is 70.9 Å². The van der Waals surface area contributed by atoms with Crippen LogP contribution in [0.1, 0.15) is 5.56 Å². The van der Waals surface area contributed by atoms with Gasteiger partial charge in [0.05, 0.1) is 5.69 Å². The van der Waals surface area contributed by atoms with Crippen molar-refractivity contribution in [3.63, 3.8) is 0 Å². The number of aromatic amines is 1. The number of hydrogen-bond donors (Lipinski definition) is 1. The third-order valence-electron chi connectivity index (χ3n) is 3.13. The molecule has 1 heterocycles. The summed E-state index contributed by atoms with van der Waals surface area (Å²) in [6, 6.07) is 21.5. The molecule has 0 unspecified atom stereocenters. The van der Waals surface area contributed by atoms with E-state index in [1.54, 1.807) is 0 Å². The number of nitrogens with one attached hydrogen (secondary N) is 1. The maximum Gasteiger partial charge on any atom is 0.139 e. The van der Waals surface area contributed by atoms with Crippen molar-refractivity contribution < 1.29 is 0 Å². The Morgan fingerprint density at radius 1 is 0.905 bits per heavy atom. The number of benzene rings is 2. The van der Waals surface area contributed by atoms with Crippen molar-refractivity contribution in [3.8, 4) is 28.7 Å². The van der Waals surface area contributed by atoms with Crippen LogP contribution >= 0.6 is 12.2 Å². The number of rotatable bonds is 2. The van der Waals surface area contributed by atoms with E-state index in [4.69, 9.17) is 12.2 Å². The largest absolute Gasteiger partial charge is 0.330 e. The molecule has 3 rings (SSSR count). The molecule has 21 heavy (non-hydrogen) atoms. The Morgan fingerprint density at radius 2 is 1.48 bits per heavy atom. The first-order chi connectivity index (χ1) is 10.3. The highest BCUT2D eigenvalue weighted by Crippen LogP contribution is 2.24. The highest BCUT2D eigenvalue weighted by atomic mass is 32.1. The average Bonchev–Trinajstić information content (AvgIpc) is 2.55. The summed E-state index contributed by atoms with van der Waals surface area (Å²) in [6.45, 7) is 0. The molecular formula is C17H11N3S. The molecule has 2 aromatic carbocycles. The minimum Gasteiger partial charge on any atom is -0.330 e. The molecule has 0 aliphatic carbocycles. The summed E-state index contributed by atoms with van der Waals surface area (Å²) in [4.78, 5) is 7.63. The predicted molar refractivity (Wildman–Crippen MR) is 85.0 cm³/mol. The van der Waals surface area contributed by atoms with E-state index in [1.807, 2.05) is 60.7 Å². The van der Waals surface area contributed by atoms with Crippen LogP contribution in [0.3, 0.4) is 0 Å². The van der Waals surface area contributed by atoms with Gasteiger partial charge in [0.15, 0.2) is 0 Å². The monoisotopic (exact) mass is 289 g/mol. The first kappa shape index (κ1) is 13.2. The fourth-order valence-corrected chi connectivity index (χ4v) is 2.35. The molecule has 0 aliphatic heterocycles. The van der Waals surface area contributed by atoms with Crippen LogP contribution in [0.15, 0.2) is 60.7 Å². The summed E-state index contributed by atoms with van der Waals surface area (Å²) in [7, 11) is 0. The summed E-state index contributed by atoms with van der Waals surface area (Å²) in [5.74, 6) is 0.665. The van der Waals surface area contributed by atoms with Crippen LogP contribution in [0.2, 0.25) is 0 Å². The van der Waals surface area contributed by atoms with Gasteiger partial charge >= 0.3 is 0 Å². The van der Waals surface area contributed by atoms with Crippen molar-refractivity contribution >= 4 is 12.2 Å². The fourth-order valence-electron chi connectivity index (χ4n) is 2.11. The van der Waals surface area contributed by atoms with Crippen LogP contribution in [0.5, 0.6) is 0 Å². The lowest BCUT2D eigenvalue weighted by molar-refractivity contribution is 1.15. The average molecular weight is 289 g/mol. The van der Waals surface area contributed by atoms with Gasteiger partial charge in [-0.15, -0.1) is 0 Å². The highest BCUT2D eigenvalue weighted by Gasteiger charge is 2.11. The van der Waals surface area contributed by atoms with Gasteiger partial charge in [-0.2, -0.15) is 5.26 Å². The second-order valence-electron chi connectivity index (χ2n) is 4.48. The van der Waals surface area contributed by atoms with Crippen LogP contribution in [-0.2, 0) is 0 Å². The zero-order valence-corrected chi connectivity index (χ0v) is 11.9. The molecule has 3 aromatic rings. The topological polar surface area (TPSA) is 52.5 Å². The van der Waals surface area contributed by atoms with Crippen molar-refractivity contribution in [1.82, 2.24) is 9.97 Å². The standard InChI is InChI=1S/C17H11N3S/c18-11-14-15(12-7-3-1-4-8-12)19-16(20-17(14)21)13-9-5-2-6-10-13/h1-10H,(H,19,20,21). The first-order valence-electron chi connectivity index (χ1n) is 6.45. The fraction of sp³-hybridized carbons (Fsp3) is 0. The molecule has 4 heteroatoms. The van der Waals surface area contributed by atoms with Crippen LogP contribution in [0, 0.1) is 16.0 Å². The molecule has 0 radical (unpaired) electrons. The van der Waals surface area contributed by atoms with Crippen molar-refractivity contribution in [2.75, 3.05) is 0 Å². The normalized spacial score (nSPS) is 10.0. The Labute approximate surface area is 127 Å². The number of H-pyrrole nitrogens is 1. The van der Waals surface area contributed by atoms with E-state index >= 15 is 0 Å². The van der Waals surface area contributed by atoms with E-state index < -0.39 is 0 Å². The van der Waals surface area contributed by atoms with Crippen molar-refractivity contribution in [2.24, 2.45) is 0 Å². The van der Waals surface area contributed by atoms with E-state index in [1.165, 1.54) is 0 Å². The van der Waals surface area contributed by atoms with Gasteiger partial charge in [0.25, 0.3) is 0 Å². The molecule has 0 aliphatic rings. The van der Waals surface area contributed by atoms with E-state index in [-0.39, 0.29) is 0 Å². The summed E-state index contributed by atoms with van der Waals surface area (Å²) in [6.07, 6.45) is 0. The molecular weight excluding hydrogens is 278 g/mol. The molecule has 0 amide bonds. The first-order valence-corrected chi connectivity index (χ1v) is 6.85. The van der Waals surface area contributed by atoms with E-state index in [0.717, 1.165) is 11.1 Å². The number of nitrogens with zero attached hydrogens (tertiary/aromatic N) is 2. The Balaban J connectivity index is 2.27. The van der Waals surface area contributed by atoms with E-state index in [2.05, 4.69) is 16.0 Å². The summed E-state index contributed by atoms with van der Waals surface area (Å²) >= 11 is 5.31. The molecule has 0 saturated carbocycles. The molecule has 0 saturated heterocycles. The summed E-state index contributed by atoms with van der Waals surface area (Å²) in [5.41, 5.74) is 2.83. The van der Waals surface area contributed by atoms with Gasteiger partial charge in [0.2, 0.25) is 0 Å². The summed E-state index contributed by atoms with van der Waals surface area (Å²) < 4.78 is 0.408. The smallest absolute Gasteiger partial charge is 0.139 e. The zero-order chi connectivity index (χ0) is 14.7. The Bertz CT molecular complexity index is 862. The lowest BCUT2D eigenvalue weighted by Gasteiger charge is -2.07.